The van der Waals surface area contributed by atoms with Crippen LogP contribution in [0.15, 0.2) is 48.5 Å². The molecule has 0 bridgehead atoms. The van der Waals surface area contributed by atoms with Crippen molar-refractivity contribution in [2.24, 2.45) is 5.92 Å². The maximum atomic E-state index is 12.8. The number of ether oxygens (including phenoxy) is 1. The summed E-state index contributed by atoms with van der Waals surface area (Å²) < 4.78 is 5.66. The predicted molar refractivity (Wildman–Crippen MR) is 131 cm³/mol. The van der Waals surface area contributed by atoms with Gasteiger partial charge in [0.25, 0.3) is 11.8 Å². The quantitative estimate of drug-likeness (QED) is 0.463. The molecule has 32 heavy (non-hydrogen) atoms. The molecule has 0 atom stereocenters. The van der Waals surface area contributed by atoms with Crippen LogP contribution in [0.4, 0.5) is 5.69 Å². The number of nitrogens with zero attached hydrogens (tertiary/aromatic N) is 1. The molecule has 1 fully saturated rings. The van der Waals surface area contributed by atoms with Gasteiger partial charge in [0, 0.05) is 29.9 Å². The molecule has 1 saturated heterocycles. The first-order valence-corrected chi connectivity index (χ1v) is 11.6. The average Bonchev–Trinajstić information content (AvgIpc) is 2.79. The van der Waals surface area contributed by atoms with Crippen molar-refractivity contribution in [3.63, 3.8) is 0 Å². The molecule has 2 amide bonds. The fourth-order valence-corrected chi connectivity index (χ4v) is 3.73. The van der Waals surface area contributed by atoms with Crippen molar-refractivity contribution in [1.82, 2.24) is 10.2 Å². The van der Waals surface area contributed by atoms with E-state index in [2.05, 4.69) is 24.5 Å². The lowest BCUT2D eigenvalue weighted by Crippen LogP contribution is -2.38. The molecule has 3 rings (SSSR count). The molecular formula is C25H31N3O3S. The molecular weight excluding hydrogens is 422 g/mol. The number of unbranched alkanes of at least 4 members (excludes halogenated alkanes) is 1. The van der Waals surface area contributed by atoms with E-state index >= 15 is 0 Å². The minimum atomic E-state index is -0.321. The van der Waals surface area contributed by atoms with Crippen molar-refractivity contribution in [2.75, 3.05) is 25.0 Å². The van der Waals surface area contributed by atoms with Crippen LogP contribution in [0.25, 0.3) is 0 Å². The Kier molecular flexibility index (Phi) is 8.62. The van der Waals surface area contributed by atoms with Crippen LogP contribution in [0, 0.1) is 5.92 Å². The van der Waals surface area contributed by atoms with E-state index in [0.717, 1.165) is 38.8 Å². The molecule has 0 aromatic heterocycles. The summed E-state index contributed by atoms with van der Waals surface area (Å²) in [6.45, 7) is 6.51. The molecule has 0 spiro atoms. The predicted octanol–water partition coefficient (Wildman–Crippen LogP) is 4.86. The summed E-state index contributed by atoms with van der Waals surface area (Å²) in [6, 6.07) is 14.2. The van der Waals surface area contributed by atoms with Crippen molar-refractivity contribution >= 4 is 34.8 Å². The zero-order valence-electron chi connectivity index (χ0n) is 18.7. The minimum Gasteiger partial charge on any atom is -0.494 e. The van der Waals surface area contributed by atoms with Crippen molar-refractivity contribution in [2.45, 2.75) is 39.5 Å². The molecule has 6 nitrogen and oxygen atoms in total. The van der Waals surface area contributed by atoms with Gasteiger partial charge in [-0.25, -0.2) is 0 Å². The number of rotatable bonds is 7. The van der Waals surface area contributed by atoms with Crippen molar-refractivity contribution in [3.8, 4) is 5.75 Å². The largest absolute Gasteiger partial charge is 0.494 e. The number of amides is 2. The molecule has 0 saturated carbocycles. The van der Waals surface area contributed by atoms with Crippen LogP contribution in [0.1, 0.15) is 60.2 Å². The number of carbonyl (C=O) groups excluding carboxylic acids is 2. The minimum absolute atomic E-state index is 0.0235. The summed E-state index contributed by atoms with van der Waals surface area (Å²) in [5, 5.41) is 5.86. The lowest BCUT2D eigenvalue weighted by molar-refractivity contribution is 0.0697. The number of hydrogen-bond acceptors (Lipinski definition) is 4. The zero-order valence-corrected chi connectivity index (χ0v) is 19.5. The number of thiocarbonyl (C=S) groups is 1. The van der Waals surface area contributed by atoms with Gasteiger partial charge in [-0.15, -0.1) is 0 Å². The number of benzene rings is 2. The van der Waals surface area contributed by atoms with Crippen molar-refractivity contribution in [1.29, 1.82) is 0 Å². The summed E-state index contributed by atoms with van der Waals surface area (Å²) in [7, 11) is 0. The molecule has 0 aliphatic carbocycles. The first-order valence-electron chi connectivity index (χ1n) is 11.2. The molecule has 7 heteroatoms. The number of anilines is 1. The molecule has 2 aromatic carbocycles. The summed E-state index contributed by atoms with van der Waals surface area (Å²) in [4.78, 5) is 27.3. The summed E-state index contributed by atoms with van der Waals surface area (Å²) in [5.41, 5.74) is 1.73. The van der Waals surface area contributed by atoms with Gasteiger partial charge in [0.1, 0.15) is 5.75 Å². The summed E-state index contributed by atoms with van der Waals surface area (Å²) in [5.74, 6) is 1.02. The Morgan fingerprint density at radius 1 is 1.09 bits per heavy atom. The second kappa shape index (κ2) is 11.6. The second-order valence-electron chi connectivity index (χ2n) is 8.19. The maximum absolute atomic E-state index is 12.8. The molecule has 0 radical (unpaired) electrons. The van der Waals surface area contributed by atoms with Crippen LogP contribution in [0.5, 0.6) is 5.75 Å². The molecule has 1 heterocycles. The maximum Gasteiger partial charge on any atom is 0.257 e. The number of carbonyl (C=O) groups is 2. The first kappa shape index (κ1) is 23.7. The monoisotopic (exact) mass is 453 g/mol. The SMILES string of the molecule is CCCCOc1cccc(C(=O)NC(=S)Nc2cccc(C(=O)N3CCC(C)CC3)c2)c1. The van der Waals surface area contributed by atoms with Gasteiger partial charge in [0.2, 0.25) is 0 Å². The van der Waals surface area contributed by atoms with Gasteiger partial charge in [-0.2, -0.15) is 0 Å². The Balaban J connectivity index is 1.57. The van der Waals surface area contributed by atoms with Crippen molar-refractivity contribution < 1.29 is 14.3 Å². The lowest BCUT2D eigenvalue weighted by atomic mass is 9.98. The van der Waals surface area contributed by atoms with Gasteiger partial charge < -0.3 is 15.0 Å². The Labute approximate surface area is 195 Å². The van der Waals surface area contributed by atoms with E-state index in [0.29, 0.717) is 35.1 Å². The topological polar surface area (TPSA) is 70.7 Å². The van der Waals surface area contributed by atoms with Crippen LogP contribution < -0.4 is 15.4 Å². The van der Waals surface area contributed by atoms with E-state index in [1.54, 1.807) is 30.3 Å². The average molecular weight is 454 g/mol. The van der Waals surface area contributed by atoms with Crippen LogP contribution in [0.3, 0.4) is 0 Å². The van der Waals surface area contributed by atoms with Crippen LogP contribution in [-0.2, 0) is 0 Å². The van der Waals surface area contributed by atoms with Gasteiger partial charge in [-0.1, -0.05) is 32.4 Å². The molecule has 0 unspecified atom stereocenters. The fraction of sp³-hybridized carbons (Fsp3) is 0.400. The Bertz CT molecular complexity index is 955. The van der Waals surface area contributed by atoms with Crippen LogP contribution in [-0.4, -0.2) is 41.5 Å². The van der Waals surface area contributed by atoms with E-state index < -0.39 is 0 Å². The van der Waals surface area contributed by atoms with Gasteiger partial charge >= 0.3 is 0 Å². The van der Waals surface area contributed by atoms with E-state index in [4.69, 9.17) is 17.0 Å². The van der Waals surface area contributed by atoms with Gasteiger partial charge in [0.05, 0.1) is 6.61 Å². The third kappa shape index (κ3) is 6.79. The van der Waals surface area contributed by atoms with Gasteiger partial charge in [0.15, 0.2) is 5.11 Å². The summed E-state index contributed by atoms with van der Waals surface area (Å²) >= 11 is 5.31. The Morgan fingerprint density at radius 3 is 2.56 bits per heavy atom. The third-order valence-electron chi connectivity index (χ3n) is 5.53. The molecule has 170 valence electrons. The van der Waals surface area contributed by atoms with Crippen LogP contribution in [0.2, 0.25) is 0 Å². The van der Waals surface area contributed by atoms with E-state index in [1.165, 1.54) is 0 Å². The highest BCUT2D eigenvalue weighted by Crippen LogP contribution is 2.20. The number of piperidine rings is 1. The highest BCUT2D eigenvalue weighted by Gasteiger charge is 2.21. The molecule has 2 N–H and O–H groups in total. The zero-order chi connectivity index (χ0) is 22.9. The molecule has 2 aromatic rings. The van der Waals surface area contributed by atoms with E-state index in [1.807, 2.05) is 23.1 Å². The Morgan fingerprint density at radius 2 is 1.81 bits per heavy atom. The smallest absolute Gasteiger partial charge is 0.257 e. The molecule has 1 aliphatic rings. The fourth-order valence-electron chi connectivity index (χ4n) is 3.52. The van der Waals surface area contributed by atoms with Gasteiger partial charge in [-0.05, 0) is 73.8 Å². The molecule has 1 aliphatic heterocycles. The normalized spacial score (nSPS) is 14.0. The standard InChI is InChI=1S/C25H31N3O3S/c1-3-4-15-31-22-10-6-7-19(17-22)23(29)27-25(32)26-21-9-5-8-20(16-21)24(30)28-13-11-18(2)12-14-28/h5-10,16-18H,3-4,11-15H2,1-2H3,(H2,26,27,29,32). The van der Waals surface area contributed by atoms with E-state index in [9.17, 15) is 9.59 Å². The van der Waals surface area contributed by atoms with Crippen LogP contribution >= 0.6 is 12.2 Å². The highest BCUT2D eigenvalue weighted by molar-refractivity contribution is 7.80. The highest BCUT2D eigenvalue weighted by atomic mass is 32.1. The van der Waals surface area contributed by atoms with Crippen molar-refractivity contribution in [3.05, 3.63) is 59.7 Å². The number of likely N-dealkylation sites (tertiary alicyclic amines) is 1. The summed E-state index contributed by atoms with van der Waals surface area (Å²) in [6.07, 6.45) is 4.07. The Hall–Kier alpha value is -2.93. The van der Waals surface area contributed by atoms with E-state index in [-0.39, 0.29) is 16.9 Å². The number of hydrogen-bond donors (Lipinski definition) is 2. The second-order valence-corrected chi connectivity index (χ2v) is 8.60. The first-order chi connectivity index (χ1) is 15.5. The lowest BCUT2D eigenvalue weighted by Gasteiger charge is -2.30. The number of nitrogens with one attached hydrogen (secondary N) is 2. The third-order valence-corrected chi connectivity index (χ3v) is 5.73. The van der Waals surface area contributed by atoms with Gasteiger partial charge in [-0.3, -0.25) is 14.9 Å².